The van der Waals surface area contributed by atoms with Crippen LogP contribution in [0.1, 0.15) is 40.5 Å². The zero-order valence-electron chi connectivity index (χ0n) is 23.1. The van der Waals surface area contributed by atoms with Gasteiger partial charge in [-0.05, 0) is 74.4 Å². The molecule has 0 unspecified atom stereocenters. The average Bonchev–Trinajstić information content (AvgIpc) is 3.02. The molecular weight excluding hydrogens is 509 g/mol. The van der Waals surface area contributed by atoms with Crippen LogP contribution in [0.15, 0.2) is 66.7 Å². The zero-order valence-corrected chi connectivity index (χ0v) is 23.1. The van der Waals surface area contributed by atoms with Crippen LogP contribution in [-0.4, -0.2) is 64.7 Å². The molecule has 210 valence electrons. The topological polar surface area (TPSA) is 62.3 Å². The van der Waals surface area contributed by atoms with Crippen LogP contribution in [0.5, 0.6) is 5.75 Å². The van der Waals surface area contributed by atoms with Crippen LogP contribution >= 0.6 is 0 Å². The summed E-state index contributed by atoms with van der Waals surface area (Å²) in [5.41, 5.74) is 3.81. The van der Waals surface area contributed by atoms with Crippen molar-refractivity contribution in [2.75, 3.05) is 67.7 Å². The summed E-state index contributed by atoms with van der Waals surface area (Å²) in [6.07, 6.45) is 1.32. The maximum absolute atomic E-state index is 14.1. The van der Waals surface area contributed by atoms with E-state index in [0.717, 1.165) is 30.2 Å². The van der Waals surface area contributed by atoms with Crippen molar-refractivity contribution in [3.63, 3.8) is 0 Å². The molecule has 1 amide bonds. The number of nitrogens with zero attached hydrogens (tertiary/aromatic N) is 3. The summed E-state index contributed by atoms with van der Waals surface area (Å²) in [5.74, 6) is 0.109. The predicted octanol–water partition coefficient (Wildman–Crippen LogP) is 5.44. The molecule has 0 radical (unpaired) electrons. The van der Waals surface area contributed by atoms with Crippen molar-refractivity contribution >= 4 is 28.8 Å². The first-order chi connectivity index (χ1) is 19.5. The molecule has 5 rings (SSSR count). The molecule has 0 saturated carbocycles. The Morgan fingerprint density at radius 2 is 1.65 bits per heavy atom. The van der Waals surface area contributed by atoms with Crippen LogP contribution in [0.3, 0.4) is 0 Å². The second-order valence-corrected chi connectivity index (χ2v) is 10.2. The van der Waals surface area contributed by atoms with Crippen LogP contribution in [0, 0.1) is 11.7 Å². The number of anilines is 3. The van der Waals surface area contributed by atoms with E-state index in [-0.39, 0.29) is 23.4 Å². The quantitative estimate of drug-likeness (QED) is 0.352. The molecule has 0 spiro atoms. The van der Waals surface area contributed by atoms with E-state index in [4.69, 9.17) is 9.47 Å². The average molecular weight is 546 g/mol. The molecule has 2 aliphatic rings. The number of carbonyl (C=O) groups excluding carboxylic acids is 2. The van der Waals surface area contributed by atoms with Crippen molar-refractivity contribution in [3.8, 4) is 5.75 Å². The number of halogens is 1. The summed E-state index contributed by atoms with van der Waals surface area (Å²) in [5, 5.41) is 0. The number of benzene rings is 3. The minimum Gasteiger partial charge on any atom is -0.495 e. The van der Waals surface area contributed by atoms with Crippen LogP contribution in [0.25, 0.3) is 0 Å². The van der Waals surface area contributed by atoms with Gasteiger partial charge in [0.25, 0.3) is 5.91 Å². The standard InChI is InChI=1S/C32H36FN3O4/c1-3-36(28-6-4-5-7-30(28)39-2)32(38)27-13-12-26(34-18-20-40-21-19-34)22-29(27)35-16-14-24(15-17-35)31(37)23-8-10-25(33)11-9-23/h4-13,22,24H,3,14-21H2,1-2H3. The number of ketones is 1. The molecule has 2 fully saturated rings. The van der Waals surface area contributed by atoms with Crippen molar-refractivity contribution in [1.82, 2.24) is 0 Å². The molecule has 0 atom stereocenters. The molecule has 0 N–H and O–H groups in total. The molecule has 0 aliphatic carbocycles. The summed E-state index contributed by atoms with van der Waals surface area (Å²) in [6, 6.07) is 19.4. The van der Waals surface area contributed by atoms with Gasteiger partial charge in [-0.25, -0.2) is 4.39 Å². The molecule has 2 heterocycles. The normalized spacial score (nSPS) is 16.1. The van der Waals surface area contributed by atoms with Gasteiger partial charge in [-0.1, -0.05) is 12.1 Å². The number of para-hydroxylation sites is 2. The minimum absolute atomic E-state index is 0.0475. The molecule has 0 aromatic heterocycles. The van der Waals surface area contributed by atoms with Gasteiger partial charge in [0.05, 0.1) is 37.3 Å². The first kappa shape index (κ1) is 27.6. The largest absolute Gasteiger partial charge is 0.495 e. The van der Waals surface area contributed by atoms with E-state index < -0.39 is 0 Å². The third-order valence-corrected chi connectivity index (χ3v) is 7.86. The highest BCUT2D eigenvalue weighted by molar-refractivity contribution is 6.10. The van der Waals surface area contributed by atoms with Crippen molar-refractivity contribution in [2.45, 2.75) is 19.8 Å². The number of methoxy groups -OCH3 is 1. The molecule has 3 aromatic rings. The van der Waals surface area contributed by atoms with E-state index in [2.05, 4.69) is 15.9 Å². The first-order valence-electron chi connectivity index (χ1n) is 14.0. The number of Topliss-reactive ketones (excluding diaryl/α,β-unsaturated/α-hetero) is 1. The maximum atomic E-state index is 14.1. The summed E-state index contributed by atoms with van der Waals surface area (Å²) in [4.78, 5) is 33.5. The molecule has 3 aromatic carbocycles. The van der Waals surface area contributed by atoms with Crippen LogP contribution in [-0.2, 0) is 4.74 Å². The number of ether oxygens (including phenoxy) is 2. The van der Waals surface area contributed by atoms with Gasteiger partial charge in [0.2, 0.25) is 0 Å². The van der Waals surface area contributed by atoms with Gasteiger partial charge in [-0.3, -0.25) is 9.59 Å². The van der Waals surface area contributed by atoms with Gasteiger partial charge in [0.15, 0.2) is 5.78 Å². The Hall–Kier alpha value is -3.91. The Balaban J connectivity index is 1.43. The van der Waals surface area contributed by atoms with Gasteiger partial charge < -0.3 is 24.2 Å². The second kappa shape index (κ2) is 12.5. The number of carbonyl (C=O) groups is 2. The van der Waals surface area contributed by atoms with Gasteiger partial charge in [0.1, 0.15) is 11.6 Å². The van der Waals surface area contributed by atoms with E-state index in [9.17, 15) is 14.0 Å². The van der Waals surface area contributed by atoms with Crippen molar-refractivity contribution in [2.24, 2.45) is 5.92 Å². The van der Waals surface area contributed by atoms with Gasteiger partial charge in [0, 0.05) is 49.9 Å². The van der Waals surface area contributed by atoms with E-state index in [0.29, 0.717) is 62.6 Å². The number of hydrogen-bond donors (Lipinski definition) is 0. The minimum atomic E-state index is -0.349. The lowest BCUT2D eigenvalue weighted by Crippen LogP contribution is -2.39. The Kier molecular flexibility index (Phi) is 8.65. The highest BCUT2D eigenvalue weighted by Gasteiger charge is 2.30. The predicted molar refractivity (Wildman–Crippen MR) is 155 cm³/mol. The van der Waals surface area contributed by atoms with Crippen LogP contribution < -0.4 is 19.4 Å². The lowest BCUT2D eigenvalue weighted by molar-refractivity contribution is 0.0899. The smallest absolute Gasteiger partial charge is 0.260 e. The fourth-order valence-corrected chi connectivity index (χ4v) is 5.63. The molecule has 2 aliphatic heterocycles. The number of rotatable bonds is 8. The molecular formula is C32H36FN3O4. The molecule has 0 bridgehead atoms. The number of piperidine rings is 1. The van der Waals surface area contributed by atoms with E-state index in [1.54, 1.807) is 24.1 Å². The van der Waals surface area contributed by atoms with E-state index >= 15 is 0 Å². The van der Waals surface area contributed by atoms with Crippen LogP contribution in [0.4, 0.5) is 21.5 Å². The first-order valence-corrected chi connectivity index (χ1v) is 14.0. The fraction of sp³-hybridized carbons (Fsp3) is 0.375. The zero-order chi connectivity index (χ0) is 28.1. The van der Waals surface area contributed by atoms with Crippen molar-refractivity contribution in [1.29, 1.82) is 0 Å². The Bertz CT molecular complexity index is 1330. The molecule has 7 nitrogen and oxygen atoms in total. The molecule has 40 heavy (non-hydrogen) atoms. The third-order valence-electron chi connectivity index (χ3n) is 7.86. The van der Waals surface area contributed by atoms with Gasteiger partial charge >= 0.3 is 0 Å². The Labute approximate surface area is 235 Å². The van der Waals surface area contributed by atoms with Gasteiger partial charge in [-0.2, -0.15) is 0 Å². The SMILES string of the molecule is CCN(C(=O)c1ccc(N2CCOCC2)cc1N1CCC(C(=O)c2ccc(F)cc2)CC1)c1ccccc1OC. The summed E-state index contributed by atoms with van der Waals surface area (Å²) in [7, 11) is 1.61. The van der Waals surface area contributed by atoms with Crippen LogP contribution in [0.2, 0.25) is 0 Å². The van der Waals surface area contributed by atoms with Crippen molar-refractivity contribution in [3.05, 3.63) is 83.7 Å². The van der Waals surface area contributed by atoms with Gasteiger partial charge in [-0.15, -0.1) is 0 Å². The third kappa shape index (κ3) is 5.82. The monoisotopic (exact) mass is 545 g/mol. The summed E-state index contributed by atoms with van der Waals surface area (Å²) >= 11 is 0. The summed E-state index contributed by atoms with van der Waals surface area (Å²) < 4.78 is 24.5. The van der Waals surface area contributed by atoms with E-state index in [1.807, 2.05) is 43.3 Å². The lowest BCUT2D eigenvalue weighted by Gasteiger charge is -2.36. The Morgan fingerprint density at radius 3 is 2.33 bits per heavy atom. The number of amides is 1. The number of hydrogen-bond acceptors (Lipinski definition) is 6. The highest BCUT2D eigenvalue weighted by atomic mass is 19.1. The Morgan fingerprint density at radius 1 is 0.950 bits per heavy atom. The fourth-order valence-electron chi connectivity index (χ4n) is 5.63. The summed E-state index contributed by atoms with van der Waals surface area (Å²) in [6.45, 7) is 6.66. The molecule has 8 heteroatoms. The molecule has 2 saturated heterocycles. The van der Waals surface area contributed by atoms with E-state index in [1.165, 1.54) is 12.1 Å². The maximum Gasteiger partial charge on any atom is 0.260 e. The van der Waals surface area contributed by atoms with Crippen molar-refractivity contribution < 1.29 is 23.5 Å². The second-order valence-electron chi connectivity index (χ2n) is 10.2. The highest BCUT2D eigenvalue weighted by Crippen LogP contribution is 2.35. The number of morpholine rings is 1. The lowest BCUT2D eigenvalue weighted by atomic mass is 9.88.